The Balaban J connectivity index is 1.51. The molecule has 1 atom stereocenters. The standard InChI is InChI=1S/C23H29FN4O2/c1-26-23(28-13-5-6-18(16-28)15-22(25)29)27-12-11-17-9-10-21(20(24)14-17)30-19-7-3-2-4-8-19/h2-4,7-10,14,18H,5-6,11-13,15-16H2,1H3,(H2,25,29)(H,26,27). The van der Waals surface area contributed by atoms with Crippen LogP contribution in [-0.2, 0) is 11.2 Å². The van der Waals surface area contributed by atoms with Crippen LogP contribution in [0.25, 0.3) is 0 Å². The van der Waals surface area contributed by atoms with Gasteiger partial charge in [-0.2, -0.15) is 0 Å². The highest BCUT2D eigenvalue weighted by Gasteiger charge is 2.23. The number of hydrogen-bond acceptors (Lipinski definition) is 3. The number of rotatable bonds is 7. The van der Waals surface area contributed by atoms with Crippen molar-refractivity contribution in [3.8, 4) is 11.5 Å². The number of nitrogens with one attached hydrogen (secondary N) is 1. The first-order valence-corrected chi connectivity index (χ1v) is 10.3. The summed E-state index contributed by atoms with van der Waals surface area (Å²) in [5.74, 6) is 1.24. The summed E-state index contributed by atoms with van der Waals surface area (Å²) in [6.07, 6.45) is 3.07. The number of primary amides is 1. The Kier molecular flexibility index (Phi) is 7.65. The Morgan fingerprint density at radius 2 is 2.10 bits per heavy atom. The van der Waals surface area contributed by atoms with Gasteiger partial charge in [0, 0.05) is 33.1 Å². The Morgan fingerprint density at radius 1 is 1.30 bits per heavy atom. The molecule has 1 amide bonds. The van der Waals surface area contributed by atoms with Crippen molar-refractivity contribution in [3.05, 3.63) is 59.9 Å². The summed E-state index contributed by atoms with van der Waals surface area (Å²) in [6, 6.07) is 14.2. The van der Waals surface area contributed by atoms with E-state index >= 15 is 0 Å². The predicted octanol–water partition coefficient (Wildman–Crippen LogP) is 3.32. The molecule has 3 rings (SSSR count). The van der Waals surface area contributed by atoms with Gasteiger partial charge < -0.3 is 20.7 Å². The lowest BCUT2D eigenvalue weighted by molar-refractivity contribution is -0.119. The normalized spacial score (nSPS) is 16.9. The van der Waals surface area contributed by atoms with Crippen molar-refractivity contribution in [3.63, 3.8) is 0 Å². The number of hydrogen-bond donors (Lipinski definition) is 2. The lowest BCUT2D eigenvalue weighted by Gasteiger charge is -2.34. The molecule has 0 saturated carbocycles. The number of piperidine rings is 1. The van der Waals surface area contributed by atoms with Crippen molar-refractivity contribution in [1.29, 1.82) is 0 Å². The second kappa shape index (κ2) is 10.6. The first kappa shape index (κ1) is 21.6. The molecule has 1 heterocycles. The molecule has 1 fully saturated rings. The fourth-order valence-electron chi connectivity index (χ4n) is 3.76. The molecule has 1 aliphatic heterocycles. The molecule has 0 bridgehead atoms. The molecule has 30 heavy (non-hydrogen) atoms. The maximum Gasteiger partial charge on any atom is 0.217 e. The third kappa shape index (κ3) is 6.20. The van der Waals surface area contributed by atoms with Gasteiger partial charge in [-0.3, -0.25) is 9.79 Å². The van der Waals surface area contributed by atoms with Gasteiger partial charge in [-0.15, -0.1) is 0 Å². The Bertz CT molecular complexity index is 873. The molecule has 0 aliphatic carbocycles. The topological polar surface area (TPSA) is 80.0 Å². The number of aliphatic imine (C=N–C) groups is 1. The average Bonchev–Trinajstić information content (AvgIpc) is 2.73. The van der Waals surface area contributed by atoms with E-state index in [1.165, 1.54) is 6.07 Å². The molecule has 7 heteroatoms. The minimum absolute atomic E-state index is 0.211. The largest absolute Gasteiger partial charge is 0.454 e. The van der Waals surface area contributed by atoms with Crippen LogP contribution in [0.15, 0.2) is 53.5 Å². The van der Waals surface area contributed by atoms with Gasteiger partial charge in [-0.1, -0.05) is 24.3 Å². The molecular formula is C23H29FN4O2. The summed E-state index contributed by atoms with van der Waals surface area (Å²) in [6.45, 7) is 2.29. The molecule has 0 spiro atoms. The lowest BCUT2D eigenvalue weighted by atomic mass is 9.95. The van der Waals surface area contributed by atoms with Crippen LogP contribution in [0.5, 0.6) is 11.5 Å². The number of guanidine groups is 1. The Hall–Kier alpha value is -3.09. The SMILES string of the molecule is CN=C(NCCc1ccc(Oc2ccccc2)c(F)c1)N1CCCC(CC(N)=O)C1. The molecule has 2 aromatic carbocycles. The maximum absolute atomic E-state index is 14.4. The van der Waals surface area contributed by atoms with Crippen molar-refractivity contribution < 1.29 is 13.9 Å². The first-order valence-electron chi connectivity index (χ1n) is 10.3. The molecule has 3 N–H and O–H groups in total. The molecule has 1 aliphatic rings. The van der Waals surface area contributed by atoms with Gasteiger partial charge in [0.05, 0.1) is 0 Å². The van der Waals surface area contributed by atoms with E-state index in [0.29, 0.717) is 25.1 Å². The van der Waals surface area contributed by atoms with Crippen LogP contribution in [0.3, 0.4) is 0 Å². The van der Waals surface area contributed by atoms with Crippen LogP contribution in [0.2, 0.25) is 0 Å². The lowest BCUT2D eigenvalue weighted by Crippen LogP contribution is -2.47. The summed E-state index contributed by atoms with van der Waals surface area (Å²) in [4.78, 5) is 17.7. The highest BCUT2D eigenvalue weighted by Crippen LogP contribution is 2.25. The van der Waals surface area contributed by atoms with E-state index in [-0.39, 0.29) is 23.4 Å². The number of nitrogens with two attached hydrogens (primary N) is 1. The summed E-state index contributed by atoms with van der Waals surface area (Å²) < 4.78 is 20.0. The van der Waals surface area contributed by atoms with Crippen LogP contribution in [0.1, 0.15) is 24.8 Å². The molecule has 0 aromatic heterocycles. The van der Waals surface area contributed by atoms with Crippen LogP contribution in [0, 0.1) is 11.7 Å². The van der Waals surface area contributed by atoms with Crippen molar-refractivity contribution >= 4 is 11.9 Å². The molecular weight excluding hydrogens is 383 g/mol. The number of nitrogens with zero attached hydrogens (tertiary/aromatic N) is 2. The number of likely N-dealkylation sites (tertiary alicyclic amines) is 1. The summed E-state index contributed by atoms with van der Waals surface area (Å²) in [5, 5.41) is 3.34. The quantitative estimate of drug-likeness (QED) is 0.540. The monoisotopic (exact) mass is 412 g/mol. The van der Waals surface area contributed by atoms with E-state index in [1.807, 2.05) is 24.3 Å². The Morgan fingerprint density at radius 3 is 2.80 bits per heavy atom. The van der Waals surface area contributed by atoms with Gasteiger partial charge in [0.15, 0.2) is 17.5 Å². The van der Waals surface area contributed by atoms with E-state index < -0.39 is 0 Å². The van der Waals surface area contributed by atoms with Crippen LogP contribution in [-0.4, -0.2) is 43.4 Å². The Labute approximate surface area is 176 Å². The second-order valence-corrected chi connectivity index (χ2v) is 7.53. The van der Waals surface area contributed by atoms with Crippen molar-refractivity contribution in [2.24, 2.45) is 16.6 Å². The summed E-state index contributed by atoms with van der Waals surface area (Å²) in [5.41, 5.74) is 6.22. The number of carbonyl (C=O) groups is 1. The van der Waals surface area contributed by atoms with Gasteiger partial charge in [-0.25, -0.2) is 4.39 Å². The zero-order valence-corrected chi connectivity index (χ0v) is 17.3. The molecule has 6 nitrogen and oxygen atoms in total. The highest BCUT2D eigenvalue weighted by atomic mass is 19.1. The van der Waals surface area contributed by atoms with E-state index in [2.05, 4.69) is 15.2 Å². The van der Waals surface area contributed by atoms with Gasteiger partial charge in [-0.05, 0) is 55.0 Å². The minimum Gasteiger partial charge on any atom is -0.454 e. The number of para-hydroxylation sites is 1. The van der Waals surface area contributed by atoms with Crippen molar-refractivity contribution in [1.82, 2.24) is 10.2 Å². The zero-order chi connectivity index (χ0) is 21.3. The van der Waals surface area contributed by atoms with Gasteiger partial charge in [0.1, 0.15) is 5.75 Å². The molecule has 2 aromatic rings. The van der Waals surface area contributed by atoms with E-state index in [9.17, 15) is 9.18 Å². The predicted molar refractivity (Wildman–Crippen MR) is 116 cm³/mol. The number of benzene rings is 2. The number of amides is 1. The molecule has 160 valence electrons. The fraction of sp³-hybridized carbons (Fsp3) is 0.391. The third-order valence-corrected chi connectivity index (χ3v) is 5.18. The summed E-state index contributed by atoms with van der Waals surface area (Å²) in [7, 11) is 1.75. The minimum atomic E-state index is -0.383. The zero-order valence-electron chi connectivity index (χ0n) is 17.3. The first-order chi connectivity index (χ1) is 14.5. The van der Waals surface area contributed by atoms with Gasteiger partial charge in [0.25, 0.3) is 0 Å². The summed E-state index contributed by atoms with van der Waals surface area (Å²) >= 11 is 0. The van der Waals surface area contributed by atoms with Crippen LogP contribution >= 0.6 is 0 Å². The van der Waals surface area contributed by atoms with E-state index in [4.69, 9.17) is 10.5 Å². The van der Waals surface area contributed by atoms with Crippen LogP contribution in [0.4, 0.5) is 4.39 Å². The fourth-order valence-corrected chi connectivity index (χ4v) is 3.76. The van der Waals surface area contributed by atoms with Gasteiger partial charge >= 0.3 is 0 Å². The van der Waals surface area contributed by atoms with Gasteiger partial charge in [0.2, 0.25) is 5.91 Å². The van der Waals surface area contributed by atoms with Crippen LogP contribution < -0.4 is 15.8 Å². The number of carbonyl (C=O) groups excluding carboxylic acids is 1. The second-order valence-electron chi connectivity index (χ2n) is 7.53. The maximum atomic E-state index is 14.4. The number of ether oxygens (including phenoxy) is 1. The highest BCUT2D eigenvalue weighted by molar-refractivity contribution is 5.80. The van der Waals surface area contributed by atoms with Crippen molar-refractivity contribution in [2.75, 3.05) is 26.7 Å². The van der Waals surface area contributed by atoms with E-state index in [1.54, 1.807) is 25.2 Å². The average molecular weight is 413 g/mol. The molecule has 0 radical (unpaired) electrons. The molecule has 1 saturated heterocycles. The molecule has 1 unspecified atom stereocenters. The third-order valence-electron chi connectivity index (χ3n) is 5.18. The smallest absolute Gasteiger partial charge is 0.217 e. The van der Waals surface area contributed by atoms with E-state index in [0.717, 1.165) is 37.5 Å². The van der Waals surface area contributed by atoms with Crippen molar-refractivity contribution in [2.45, 2.75) is 25.7 Å². The number of halogens is 1.